The molecule has 0 bridgehead atoms. The summed E-state index contributed by atoms with van der Waals surface area (Å²) < 4.78 is 65.0. The van der Waals surface area contributed by atoms with Crippen LogP contribution in [0.4, 0.5) is 17.6 Å². The molecule has 2 aromatic carbocycles. The fourth-order valence-corrected chi connectivity index (χ4v) is 6.49. The van der Waals surface area contributed by atoms with Crippen molar-refractivity contribution in [2.24, 2.45) is 11.8 Å². The van der Waals surface area contributed by atoms with Crippen molar-refractivity contribution in [3.8, 4) is 5.75 Å². The van der Waals surface area contributed by atoms with Crippen LogP contribution in [0.3, 0.4) is 0 Å². The lowest BCUT2D eigenvalue weighted by Crippen LogP contribution is -2.14. The monoisotopic (exact) mass is 558 g/mol. The van der Waals surface area contributed by atoms with Gasteiger partial charge in [0.05, 0.1) is 6.61 Å². The van der Waals surface area contributed by atoms with Gasteiger partial charge in [0.1, 0.15) is 0 Å². The zero-order chi connectivity index (χ0) is 28.5. The largest absolute Gasteiger partial charge is 0.490 e. The highest BCUT2D eigenvalue weighted by Crippen LogP contribution is 2.40. The summed E-state index contributed by atoms with van der Waals surface area (Å²) in [4.78, 5) is 0. The molecule has 0 heterocycles. The molecule has 2 fully saturated rings. The highest BCUT2D eigenvalue weighted by atomic mass is 19.2. The van der Waals surface area contributed by atoms with Crippen LogP contribution in [0.25, 0.3) is 6.08 Å². The summed E-state index contributed by atoms with van der Waals surface area (Å²) in [5.41, 5.74) is 1.19. The summed E-state index contributed by atoms with van der Waals surface area (Å²) in [6, 6.07) is 6.68. The molecule has 0 aromatic heterocycles. The fourth-order valence-electron chi connectivity index (χ4n) is 6.49. The molecule has 0 radical (unpaired) electrons. The average Bonchev–Trinajstić information content (AvgIpc) is 2.96. The first kappa shape index (κ1) is 30.7. The molecule has 2 saturated carbocycles. The Morgan fingerprint density at radius 2 is 1.25 bits per heavy atom. The van der Waals surface area contributed by atoms with E-state index < -0.39 is 23.3 Å². The smallest absolute Gasteiger partial charge is 0.200 e. The molecule has 220 valence electrons. The second kappa shape index (κ2) is 15.1. The van der Waals surface area contributed by atoms with Gasteiger partial charge in [-0.15, -0.1) is 0 Å². The van der Waals surface area contributed by atoms with Gasteiger partial charge in [-0.25, -0.2) is 13.2 Å². The maximum Gasteiger partial charge on any atom is 0.200 e. The third kappa shape index (κ3) is 7.91. The number of benzene rings is 2. The topological polar surface area (TPSA) is 9.23 Å². The number of unbranched alkanes of at least 4 members (excludes halogenated alkanes) is 5. The predicted octanol–water partition coefficient (Wildman–Crippen LogP) is 11.3. The first-order valence-corrected chi connectivity index (χ1v) is 15.7. The van der Waals surface area contributed by atoms with E-state index in [1.54, 1.807) is 30.3 Å². The molecule has 4 rings (SSSR count). The second-order valence-corrected chi connectivity index (χ2v) is 12.2. The number of hydrogen-bond acceptors (Lipinski definition) is 1. The third-order valence-electron chi connectivity index (χ3n) is 9.19. The Labute approximate surface area is 238 Å². The van der Waals surface area contributed by atoms with Crippen molar-refractivity contribution in [3.63, 3.8) is 0 Å². The van der Waals surface area contributed by atoms with Crippen LogP contribution in [0.1, 0.15) is 132 Å². The van der Waals surface area contributed by atoms with Crippen molar-refractivity contribution in [2.45, 2.75) is 116 Å². The standard InChI is InChI=1S/C35H46F4O/c1-3-4-5-6-7-8-23-40-31-22-21-30(34(38)35(31)39)27-16-11-25(12-17-27)13-18-28-19-20-29(33(37)32(28)36)26-14-9-24(2)10-15-26/h13,18-22,24-27H,3-12,14-17,23H2,1-2H3/b18-13+. The van der Waals surface area contributed by atoms with Crippen LogP contribution >= 0.6 is 0 Å². The third-order valence-corrected chi connectivity index (χ3v) is 9.19. The van der Waals surface area contributed by atoms with Gasteiger partial charge in [-0.2, -0.15) is 4.39 Å². The second-order valence-electron chi connectivity index (χ2n) is 12.2. The van der Waals surface area contributed by atoms with Crippen molar-refractivity contribution in [1.29, 1.82) is 0 Å². The molecule has 2 aliphatic rings. The van der Waals surface area contributed by atoms with Crippen molar-refractivity contribution in [2.75, 3.05) is 6.61 Å². The quantitative estimate of drug-likeness (QED) is 0.186. The number of hydrogen-bond donors (Lipinski definition) is 0. The molecule has 0 saturated heterocycles. The molecule has 5 heteroatoms. The van der Waals surface area contributed by atoms with E-state index >= 15 is 0 Å². The van der Waals surface area contributed by atoms with E-state index in [0.29, 0.717) is 23.7 Å². The summed E-state index contributed by atoms with van der Waals surface area (Å²) >= 11 is 0. The minimum absolute atomic E-state index is 0.00949. The lowest BCUT2D eigenvalue weighted by atomic mass is 9.78. The molecule has 0 aliphatic heterocycles. The van der Waals surface area contributed by atoms with Crippen LogP contribution in [0.5, 0.6) is 5.75 Å². The molecule has 0 unspecified atom stereocenters. The number of rotatable bonds is 12. The zero-order valence-electron chi connectivity index (χ0n) is 24.3. The molecular weight excluding hydrogens is 512 g/mol. The highest BCUT2D eigenvalue weighted by molar-refractivity contribution is 5.52. The van der Waals surface area contributed by atoms with Crippen LogP contribution in [0.15, 0.2) is 30.3 Å². The molecule has 0 spiro atoms. The van der Waals surface area contributed by atoms with Crippen LogP contribution in [0.2, 0.25) is 0 Å². The summed E-state index contributed by atoms with van der Waals surface area (Å²) in [5, 5.41) is 0. The van der Waals surface area contributed by atoms with Crippen molar-refractivity contribution in [3.05, 3.63) is 70.3 Å². The SMILES string of the molecule is CCCCCCCCOc1ccc(C2CCC(/C=C/c3ccc(C4CCC(C)CC4)c(F)c3F)CC2)c(F)c1F. The zero-order valence-corrected chi connectivity index (χ0v) is 24.3. The molecule has 0 N–H and O–H groups in total. The molecule has 2 aromatic rings. The van der Waals surface area contributed by atoms with E-state index in [2.05, 4.69) is 13.8 Å². The van der Waals surface area contributed by atoms with Gasteiger partial charge in [0.25, 0.3) is 0 Å². The van der Waals surface area contributed by atoms with Gasteiger partial charge in [0.15, 0.2) is 23.2 Å². The van der Waals surface area contributed by atoms with Gasteiger partial charge >= 0.3 is 0 Å². The normalized spacial score (nSPS) is 23.6. The number of allylic oxidation sites excluding steroid dienone is 1. The molecule has 40 heavy (non-hydrogen) atoms. The summed E-state index contributed by atoms with van der Waals surface area (Å²) in [5.74, 6) is -2.28. The van der Waals surface area contributed by atoms with Crippen molar-refractivity contribution in [1.82, 2.24) is 0 Å². The van der Waals surface area contributed by atoms with E-state index in [1.165, 1.54) is 19.3 Å². The molecule has 1 nitrogen and oxygen atoms in total. The van der Waals surface area contributed by atoms with Crippen LogP contribution in [-0.2, 0) is 0 Å². The van der Waals surface area contributed by atoms with Crippen LogP contribution in [0, 0.1) is 35.1 Å². The minimum Gasteiger partial charge on any atom is -0.490 e. The fraction of sp³-hybridized carbons (Fsp3) is 0.600. The average molecular weight is 559 g/mol. The van der Waals surface area contributed by atoms with E-state index in [-0.39, 0.29) is 29.1 Å². The van der Waals surface area contributed by atoms with Crippen molar-refractivity contribution >= 4 is 6.08 Å². The minimum atomic E-state index is -0.894. The van der Waals surface area contributed by atoms with E-state index in [1.807, 2.05) is 6.08 Å². The predicted molar refractivity (Wildman–Crippen MR) is 156 cm³/mol. The Hall–Kier alpha value is -2.30. The Balaban J connectivity index is 1.28. The van der Waals surface area contributed by atoms with E-state index in [0.717, 1.165) is 70.6 Å². The Morgan fingerprint density at radius 3 is 1.93 bits per heavy atom. The Morgan fingerprint density at radius 1 is 0.675 bits per heavy atom. The van der Waals surface area contributed by atoms with Gasteiger partial charge in [0, 0.05) is 5.56 Å². The maximum atomic E-state index is 15.0. The summed E-state index contributed by atoms with van der Waals surface area (Å²) in [6.45, 7) is 4.79. The number of halogens is 4. The number of ether oxygens (including phenoxy) is 1. The van der Waals surface area contributed by atoms with Crippen molar-refractivity contribution < 1.29 is 22.3 Å². The first-order valence-electron chi connectivity index (χ1n) is 15.7. The molecule has 0 amide bonds. The highest BCUT2D eigenvalue weighted by Gasteiger charge is 2.27. The van der Waals surface area contributed by atoms with E-state index in [4.69, 9.17) is 4.74 Å². The van der Waals surface area contributed by atoms with Gasteiger partial charge in [-0.3, -0.25) is 0 Å². The molecular formula is C35H46F4O. The Bertz CT molecular complexity index is 1110. The Kier molecular flexibility index (Phi) is 11.6. The van der Waals surface area contributed by atoms with Gasteiger partial charge in [0.2, 0.25) is 5.82 Å². The lowest BCUT2D eigenvalue weighted by Gasteiger charge is -2.28. The first-order chi connectivity index (χ1) is 19.4. The lowest BCUT2D eigenvalue weighted by molar-refractivity contribution is 0.282. The maximum absolute atomic E-state index is 15.0. The van der Waals surface area contributed by atoms with Gasteiger partial charge in [-0.1, -0.05) is 89.1 Å². The van der Waals surface area contributed by atoms with Crippen LogP contribution < -0.4 is 4.74 Å². The van der Waals surface area contributed by atoms with E-state index in [9.17, 15) is 17.6 Å². The molecule has 2 aliphatic carbocycles. The summed E-state index contributed by atoms with van der Waals surface area (Å²) in [6.07, 6.45) is 17.2. The summed E-state index contributed by atoms with van der Waals surface area (Å²) in [7, 11) is 0. The van der Waals surface area contributed by atoms with Gasteiger partial charge < -0.3 is 4.74 Å². The van der Waals surface area contributed by atoms with Crippen LogP contribution in [-0.4, -0.2) is 6.61 Å². The molecule has 0 atom stereocenters. The van der Waals surface area contributed by atoms with Gasteiger partial charge in [-0.05, 0) is 85.8 Å².